The van der Waals surface area contributed by atoms with Crippen molar-refractivity contribution in [3.63, 3.8) is 0 Å². The number of allylic oxidation sites excluding steroid dienone is 2. The Morgan fingerprint density at radius 3 is 1.92 bits per heavy atom. The molecule has 130 valence electrons. The van der Waals surface area contributed by atoms with E-state index in [1.807, 2.05) is 0 Å². The summed E-state index contributed by atoms with van der Waals surface area (Å²) >= 11 is 0. The molecule has 1 nitrogen and oxygen atoms in total. The molecule has 2 aromatic rings. The summed E-state index contributed by atoms with van der Waals surface area (Å²) in [5.74, 6) is 2.35. The van der Waals surface area contributed by atoms with Crippen LogP contribution in [0.4, 0.5) is 0 Å². The zero-order chi connectivity index (χ0) is 17.5. The Morgan fingerprint density at radius 1 is 0.920 bits per heavy atom. The topological polar surface area (TPSA) is 9.23 Å². The lowest BCUT2D eigenvalue weighted by Gasteiger charge is -2.43. The third-order valence-electron chi connectivity index (χ3n) is 6.07. The maximum absolute atomic E-state index is 7.03. The highest BCUT2D eigenvalue weighted by molar-refractivity contribution is 6.99. The van der Waals surface area contributed by atoms with Crippen molar-refractivity contribution in [2.24, 2.45) is 17.8 Å². The molecule has 2 heteroatoms. The van der Waals surface area contributed by atoms with E-state index in [1.54, 1.807) is 0 Å². The molecule has 4 rings (SSSR count). The summed E-state index contributed by atoms with van der Waals surface area (Å²) in [6.07, 6.45) is 6.00. The SMILES string of the molecule is CC(C)(C)[Si](OC[C@H]1C2C=CC[C@@H]21)(c1ccccc1)c1ccccc1. The first-order valence-electron chi connectivity index (χ1n) is 9.46. The van der Waals surface area contributed by atoms with Gasteiger partial charge in [0.05, 0.1) is 0 Å². The van der Waals surface area contributed by atoms with Gasteiger partial charge in [-0.3, -0.25) is 0 Å². The maximum Gasteiger partial charge on any atom is 0.261 e. The Labute approximate surface area is 152 Å². The van der Waals surface area contributed by atoms with E-state index in [1.165, 1.54) is 16.8 Å². The van der Waals surface area contributed by atoms with Crippen LogP contribution in [-0.2, 0) is 4.43 Å². The third-order valence-corrected chi connectivity index (χ3v) is 11.1. The molecule has 0 aliphatic heterocycles. The Morgan fingerprint density at radius 2 is 1.48 bits per heavy atom. The fraction of sp³-hybridized carbons (Fsp3) is 0.391. The quantitative estimate of drug-likeness (QED) is 0.575. The lowest BCUT2D eigenvalue weighted by Crippen LogP contribution is -2.66. The van der Waals surface area contributed by atoms with E-state index < -0.39 is 8.32 Å². The second-order valence-electron chi connectivity index (χ2n) is 8.54. The minimum atomic E-state index is -2.34. The molecule has 0 N–H and O–H groups in total. The highest BCUT2D eigenvalue weighted by atomic mass is 28.4. The normalized spacial score (nSPS) is 25.0. The van der Waals surface area contributed by atoms with Crippen molar-refractivity contribution in [3.05, 3.63) is 72.8 Å². The highest BCUT2D eigenvalue weighted by Crippen LogP contribution is 2.54. The molecule has 1 fully saturated rings. The van der Waals surface area contributed by atoms with Crippen molar-refractivity contribution in [2.75, 3.05) is 6.61 Å². The Bertz CT molecular complexity index is 705. The molecule has 2 aromatic carbocycles. The van der Waals surface area contributed by atoms with Gasteiger partial charge >= 0.3 is 0 Å². The molecule has 2 aliphatic rings. The summed E-state index contributed by atoms with van der Waals surface area (Å²) in [6.45, 7) is 7.96. The molecule has 0 bridgehead atoms. The second-order valence-corrected chi connectivity index (χ2v) is 12.8. The Hall–Kier alpha value is -1.64. The van der Waals surface area contributed by atoms with E-state index in [-0.39, 0.29) is 5.04 Å². The maximum atomic E-state index is 7.03. The Kier molecular flexibility index (Phi) is 4.21. The van der Waals surface area contributed by atoms with Gasteiger partial charge in [-0.1, -0.05) is 93.6 Å². The van der Waals surface area contributed by atoms with Gasteiger partial charge < -0.3 is 4.43 Å². The lowest BCUT2D eigenvalue weighted by molar-refractivity contribution is 0.270. The summed E-state index contributed by atoms with van der Waals surface area (Å²) < 4.78 is 7.03. The molecule has 3 atom stereocenters. The lowest BCUT2D eigenvalue weighted by atomic mass is 10.2. The molecule has 1 saturated carbocycles. The largest absolute Gasteiger partial charge is 0.407 e. The molecule has 0 heterocycles. The highest BCUT2D eigenvalue weighted by Gasteiger charge is 2.54. The summed E-state index contributed by atoms with van der Waals surface area (Å²) in [4.78, 5) is 0. The van der Waals surface area contributed by atoms with Crippen LogP contribution in [0.2, 0.25) is 5.04 Å². The van der Waals surface area contributed by atoms with E-state index in [0.717, 1.165) is 24.4 Å². The van der Waals surface area contributed by atoms with Gasteiger partial charge in [-0.15, -0.1) is 0 Å². The van der Waals surface area contributed by atoms with Crippen LogP contribution in [0.5, 0.6) is 0 Å². The van der Waals surface area contributed by atoms with Crippen molar-refractivity contribution < 1.29 is 4.43 Å². The number of fused-ring (bicyclic) bond motifs is 1. The van der Waals surface area contributed by atoms with Crippen LogP contribution in [0, 0.1) is 17.8 Å². The van der Waals surface area contributed by atoms with E-state index in [4.69, 9.17) is 4.43 Å². The average Bonchev–Trinajstić information content (AvgIpc) is 3.04. The number of hydrogen-bond acceptors (Lipinski definition) is 1. The van der Waals surface area contributed by atoms with Crippen LogP contribution in [-0.4, -0.2) is 14.9 Å². The van der Waals surface area contributed by atoms with Crippen LogP contribution < -0.4 is 10.4 Å². The summed E-state index contributed by atoms with van der Waals surface area (Å²) in [6, 6.07) is 21.9. The van der Waals surface area contributed by atoms with Crippen LogP contribution in [0.15, 0.2) is 72.8 Å². The first kappa shape index (κ1) is 16.8. The summed E-state index contributed by atoms with van der Waals surface area (Å²) in [5, 5.41) is 2.85. The van der Waals surface area contributed by atoms with Crippen molar-refractivity contribution in [1.29, 1.82) is 0 Å². The standard InChI is InChI=1S/C23H28OSi/c1-23(2,3)25(18-11-6-4-7-12-18,19-13-8-5-9-14-19)24-17-22-20-15-10-16-21(20)22/h4-15,20-22H,16-17H2,1-3H3/t20?,21-,22-/m0/s1. The minimum Gasteiger partial charge on any atom is -0.407 e. The van der Waals surface area contributed by atoms with E-state index in [2.05, 4.69) is 93.6 Å². The van der Waals surface area contributed by atoms with Crippen molar-refractivity contribution in [3.8, 4) is 0 Å². The van der Waals surface area contributed by atoms with Crippen LogP contribution >= 0.6 is 0 Å². The van der Waals surface area contributed by atoms with Gasteiger partial charge in [0, 0.05) is 6.61 Å². The third kappa shape index (κ3) is 2.82. The van der Waals surface area contributed by atoms with Gasteiger partial charge in [0.2, 0.25) is 0 Å². The van der Waals surface area contributed by atoms with Crippen LogP contribution in [0.25, 0.3) is 0 Å². The average molecular weight is 349 g/mol. The zero-order valence-electron chi connectivity index (χ0n) is 15.5. The number of rotatable bonds is 5. The fourth-order valence-electron chi connectivity index (χ4n) is 4.70. The molecule has 0 spiro atoms. The van der Waals surface area contributed by atoms with Gasteiger partial charge in [0.1, 0.15) is 0 Å². The molecule has 2 aliphatic carbocycles. The zero-order valence-corrected chi connectivity index (χ0v) is 16.5. The summed E-state index contributed by atoms with van der Waals surface area (Å²) in [5.41, 5.74) is 0. The molecule has 0 amide bonds. The van der Waals surface area contributed by atoms with Gasteiger partial charge in [-0.25, -0.2) is 0 Å². The van der Waals surface area contributed by atoms with Gasteiger partial charge in [0.25, 0.3) is 8.32 Å². The fourth-order valence-corrected chi connectivity index (χ4v) is 9.30. The Balaban J connectivity index is 1.74. The van der Waals surface area contributed by atoms with Crippen LogP contribution in [0.3, 0.4) is 0 Å². The number of benzene rings is 2. The molecule has 25 heavy (non-hydrogen) atoms. The van der Waals surface area contributed by atoms with Gasteiger partial charge in [-0.05, 0) is 39.6 Å². The predicted octanol–water partition coefficient (Wildman–Crippen LogP) is 4.39. The van der Waals surface area contributed by atoms with Gasteiger partial charge in [-0.2, -0.15) is 0 Å². The van der Waals surface area contributed by atoms with Crippen molar-refractivity contribution >= 4 is 18.7 Å². The smallest absolute Gasteiger partial charge is 0.261 e. The van der Waals surface area contributed by atoms with Crippen molar-refractivity contribution in [2.45, 2.75) is 32.2 Å². The van der Waals surface area contributed by atoms with E-state index in [9.17, 15) is 0 Å². The van der Waals surface area contributed by atoms with E-state index in [0.29, 0.717) is 0 Å². The van der Waals surface area contributed by atoms with Gasteiger partial charge in [0.15, 0.2) is 0 Å². The molecular weight excluding hydrogens is 320 g/mol. The van der Waals surface area contributed by atoms with E-state index >= 15 is 0 Å². The summed E-state index contributed by atoms with van der Waals surface area (Å²) in [7, 11) is -2.34. The second kappa shape index (κ2) is 6.26. The van der Waals surface area contributed by atoms with Crippen molar-refractivity contribution in [1.82, 2.24) is 0 Å². The molecule has 1 unspecified atom stereocenters. The first-order valence-corrected chi connectivity index (χ1v) is 11.4. The number of hydrogen-bond donors (Lipinski definition) is 0. The predicted molar refractivity (Wildman–Crippen MR) is 108 cm³/mol. The van der Waals surface area contributed by atoms with Crippen LogP contribution in [0.1, 0.15) is 27.2 Å². The molecule has 0 saturated heterocycles. The monoisotopic (exact) mass is 348 g/mol. The molecule has 0 aromatic heterocycles. The molecule has 0 radical (unpaired) electrons. The molecular formula is C23H28OSi. The first-order chi connectivity index (χ1) is 12.0. The minimum absolute atomic E-state index is 0.0789.